The third kappa shape index (κ3) is 4.63. The van der Waals surface area contributed by atoms with Crippen molar-refractivity contribution in [2.45, 2.75) is 12.5 Å². The topological polar surface area (TPSA) is 57.7 Å². The number of benzene rings is 1. The molecule has 2 aliphatic heterocycles. The Kier molecular flexibility index (Phi) is 7.68. The monoisotopic (exact) mass is 412 g/mol. The molecule has 6 nitrogen and oxygen atoms in total. The number of carbonyl (C=O) groups is 1. The molecule has 148 valence electrons. The zero-order valence-electron chi connectivity index (χ0n) is 15.4. The second-order valence-corrected chi connectivity index (χ2v) is 6.73. The first-order chi connectivity index (χ1) is 12.2. The van der Waals surface area contributed by atoms with Crippen LogP contribution >= 0.6 is 24.8 Å². The third-order valence-corrected chi connectivity index (χ3v) is 5.23. The van der Waals surface area contributed by atoms with Crippen molar-refractivity contribution >= 4 is 41.6 Å². The summed E-state index contributed by atoms with van der Waals surface area (Å²) in [7, 11) is 1.65. The predicted molar refractivity (Wildman–Crippen MR) is 112 cm³/mol. The highest BCUT2D eigenvalue weighted by Crippen LogP contribution is 2.22. The molecule has 0 saturated carbocycles. The Morgan fingerprint density at radius 3 is 2.67 bits per heavy atom. The Labute approximate surface area is 172 Å². The molecule has 27 heavy (non-hydrogen) atoms. The van der Waals surface area contributed by atoms with Crippen LogP contribution in [0.15, 0.2) is 30.3 Å². The number of halogens is 2. The number of aromatic nitrogens is 1. The zero-order valence-corrected chi connectivity index (χ0v) is 17.0. The van der Waals surface area contributed by atoms with Crippen molar-refractivity contribution in [3.05, 3.63) is 36.0 Å². The van der Waals surface area contributed by atoms with Crippen LogP contribution in [0, 0.1) is 0 Å². The molecule has 0 spiro atoms. The van der Waals surface area contributed by atoms with Gasteiger partial charge in [-0.3, -0.25) is 9.69 Å². The molecule has 2 aliphatic rings. The average Bonchev–Trinajstić information content (AvgIpc) is 3.17. The molecule has 4 rings (SSSR count). The number of nitrogens with zero attached hydrogens (tertiary/aromatic N) is 3. The number of rotatable bonds is 3. The van der Waals surface area contributed by atoms with Gasteiger partial charge in [0.05, 0.1) is 12.6 Å². The number of pyridine rings is 1. The summed E-state index contributed by atoms with van der Waals surface area (Å²) < 4.78 is 5.24. The van der Waals surface area contributed by atoms with Crippen LogP contribution in [0.2, 0.25) is 0 Å². The fourth-order valence-electron chi connectivity index (χ4n) is 3.78. The number of piperazine rings is 1. The van der Waals surface area contributed by atoms with Crippen molar-refractivity contribution < 1.29 is 9.53 Å². The molecular weight excluding hydrogens is 387 g/mol. The van der Waals surface area contributed by atoms with Gasteiger partial charge in [0.25, 0.3) is 5.91 Å². The number of ether oxygens (including phenoxy) is 1. The van der Waals surface area contributed by atoms with Gasteiger partial charge in [-0.1, -0.05) is 6.07 Å². The van der Waals surface area contributed by atoms with Gasteiger partial charge in [0.15, 0.2) is 0 Å². The maximum Gasteiger partial charge on any atom is 0.272 e. The Balaban J connectivity index is 0.00000131. The van der Waals surface area contributed by atoms with Crippen LogP contribution in [-0.4, -0.2) is 73.1 Å². The van der Waals surface area contributed by atoms with Crippen molar-refractivity contribution in [3.8, 4) is 5.75 Å². The molecule has 1 aromatic heterocycles. The van der Waals surface area contributed by atoms with Crippen LogP contribution in [0.4, 0.5) is 0 Å². The molecule has 1 N–H and O–H groups in total. The lowest BCUT2D eigenvalue weighted by Gasteiger charge is -2.32. The van der Waals surface area contributed by atoms with E-state index in [1.807, 2.05) is 35.2 Å². The Bertz CT molecular complexity index is 783. The van der Waals surface area contributed by atoms with Crippen molar-refractivity contribution in [2.24, 2.45) is 0 Å². The Morgan fingerprint density at radius 2 is 1.93 bits per heavy atom. The van der Waals surface area contributed by atoms with E-state index >= 15 is 0 Å². The number of hydrogen-bond donors (Lipinski definition) is 1. The molecule has 8 heteroatoms. The highest BCUT2D eigenvalue weighted by atomic mass is 35.5. The summed E-state index contributed by atoms with van der Waals surface area (Å²) in [5.74, 6) is 0.835. The summed E-state index contributed by atoms with van der Waals surface area (Å²) in [4.78, 5) is 21.9. The summed E-state index contributed by atoms with van der Waals surface area (Å²) in [5.41, 5.74) is 1.35. The molecule has 1 unspecified atom stereocenters. The molecule has 3 heterocycles. The molecule has 2 saturated heterocycles. The first-order valence-corrected chi connectivity index (χ1v) is 8.93. The summed E-state index contributed by atoms with van der Waals surface area (Å²) in [6.07, 6.45) is 1.05. The molecule has 0 radical (unpaired) electrons. The standard InChI is InChI=1S/C19H24N4O2.2ClH/c1-25-16-3-5-17-14(12-16)2-4-18(21-17)19(24)23-9-6-15(13-23)22-10-7-20-8-11-22;;/h2-5,12,15,20H,6-11,13H2,1H3;2*1H. The van der Waals surface area contributed by atoms with E-state index in [-0.39, 0.29) is 30.7 Å². The van der Waals surface area contributed by atoms with E-state index in [0.29, 0.717) is 11.7 Å². The van der Waals surface area contributed by atoms with Crippen molar-refractivity contribution in [1.82, 2.24) is 20.1 Å². The Hall–Kier alpha value is -1.60. The maximum atomic E-state index is 12.8. The highest BCUT2D eigenvalue weighted by molar-refractivity contribution is 5.95. The van der Waals surface area contributed by atoms with Crippen LogP contribution in [0.3, 0.4) is 0 Å². The second-order valence-electron chi connectivity index (χ2n) is 6.73. The summed E-state index contributed by atoms with van der Waals surface area (Å²) in [6, 6.07) is 9.96. The van der Waals surface area contributed by atoms with E-state index in [4.69, 9.17) is 4.74 Å². The molecule has 1 amide bonds. The normalized spacial score (nSPS) is 20.0. The predicted octanol–water partition coefficient (Wildman–Crippen LogP) is 2.21. The fraction of sp³-hybridized carbons (Fsp3) is 0.474. The molecule has 1 aromatic carbocycles. The number of likely N-dealkylation sites (tertiary alicyclic amines) is 1. The lowest BCUT2D eigenvalue weighted by atomic mass is 10.2. The number of methoxy groups -OCH3 is 1. The van der Waals surface area contributed by atoms with Gasteiger partial charge < -0.3 is 15.0 Å². The number of hydrogen-bond acceptors (Lipinski definition) is 5. The smallest absolute Gasteiger partial charge is 0.272 e. The molecule has 2 fully saturated rings. The summed E-state index contributed by atoms with van der Waals surface area (Å²) >= 11 is 0. The van der Waals surface area contributed by atoms with Gasteiger partial charge in [-0.15, -0.1) is 24.8 Å². The molecular formula is C19H26Cl2N4O2. The molecule has 0 aliphatic carbocycles. The number of nitrogens with one attached hydrogen (secondary N) is 1. The van der Waals surface area contributed by atoms with Gasteiger partial charge in [0.1, 0.15) is 11.4 Å². The van der Waals surface area contributed by atoms with E-state index in [0.717, 1.165) is 62.3 Å². The lowest BCUT2D eigenvalue weighted by Crippen LogP contribution is -2.49. The van der Waals surface area contributed by atoms with Crippen molar-refractivity contribution in [3.63, 3.8) is 0 Å². The minimum atomic E-state index is 0. The van der Waals surface area contributed by atoms with E-state index in [1.54, 1.807) is 7.11 Å². The first-order valence-electron chi connectivity index (χ1n) is 8.93. The highest BCUT2D eigenvalue weighted by Gasteiger charge is 2.31. The lowest BCUT2D eigenvalue weighted by molar-refractivity contribution is 0.0768. The number of amides is 1. The van der Waals surface area contributed by atoms with E-state index < -0.39 is 0 Å². The van der Waals surface area contributed by atoms with Gasteiger partial charge in [-0.25, -0.2) is 4.98 Å². The van der Waals surface area contributed by atoms with E-state index in [2.05, 4.69) is 15.2 Å². The molecule has 1 atom stereocenters. The zero-order chi connectivity index (χ0) is 17.2. The van der Waals surface area contributed by atoms with E-state index in [9.17, 15) is 4.79 Å². The molecule has 2 aromatic rings. The second kappa shape index (κ2) is 9.55. The van der Waals surface area contributed by atoms with Crippen LogP contribution in [0.5, 0.6) is 5.75 Å². The van der Waals surface area contributed by atoms with Crippen LogP contribution in [-0.2, 0) is 0 Å². The largest absolute Gasteiger partial charge is 0.497 e. The first kappa shape index (κ1) is 21.7. The van der Waals surface area contributed by atoms with Crippen LogP contribution in [0.1, 0.15) is 16.9 Å². The summed E-state index contributed by atoms with van der Waals surface area (Å²) in [6.45, 7) is 5.85. The van der Waals surface area contributed by atoms with Gasteiger partial charge in [0, 0.05) is 50.7 Å². The van der Waals surface area contributed by atoms with Gasteiger partial charge in [-0.05, 0) is 30.7 Å². The Morgan fingerprint density at radius 1 is 1.15 bits per heavy atom. The minimum absolute atomic E-state index is 0. The van der Waals surface area contributed by atoms with Crippen LogP contribution < -0.4 is 10.1 Å². The van der Waals surface area contributed by atoms with Gasteiger partial charge in [-0.2, -0.15) is 0 Å². The maximum absolute atomic E-state index is 12.8. The average molecular weight is 413 g/mol. The third-order valence-electron chi connectivity index (χ3n) is 5.23. The number of carbonyl (C=O) groups excluding carboxylic acids is 1. The van der Waals surface area contributed by atoms with Gasteiger partial charge in [0.2, 0.25) is 0 Å². The van der Waals surface area contributed by atoms with Crippen LogP contribution in [0.25, 0.3) is 10.9 Å². The molecule has 0 bridgehead atoms. The summed E-state index contributed by atoms with van der Waals surface area (Å²) in [5, 5.41) is 4.36. The van der Waals surface area contributed by atoms with E-state index in [1.165, 1.54) is 0 Å². The van der Waals surface area contributed by atoms with Gasteiger partial charge >= 0.3 is 0 Å². The fourth-order valence-corrected chi connectivity index (χ4v) is 3.78. The minimum Gasteiger partial charge on any atom is -0.497 e. The SMILES string of the molecule is COc1ccc2nc(C(=O)N3CCC(N4CCNCC4)C3)ccc2c1.Cl.Cl. The number of fused-ring (bicyclic) bond motifs is 1. The van der Waals surface area contributed by atoms with Crippen molar-refractivity contribution in [1.29, 1.82) is 0 Å². The van der Waals surface area contributed by atoms with Crippen molar-refractivity contribution in [2.75, 3.05) is 46.4 Å². The quantitative estimate of drug-likeness (QED) is 0.837.